The van der Waals surface area contributed by atoms with Gasteiger partial charge in [0, 0.05) is 0 Å². The second-order valence-electron chi connectivity index (χ2n) is 4.82. The van der Waals surface area contributed by atoms with Crippen molar-refractivity contribution in [1.82, 2.24) is 0 Å². The van der Waals surface area contributed by atoms with Gasteiger partial charge in [0.05, 0.1) is 13.2 Å². The number of alkyl halides is 3. The Balaban J connectivity index is 0.00000264. The molecule has 1 atom stereocenters. The molecule has 0 bridgehead atoms. The highest BCUT2D eigenvalue weighted by molar-refractivity contribution is 5.85. The maximum atomic E-state index is 12.1. The summed E-state index contributed by atoms with van der Waals surface area (Å²) in [5.74, 6) is 0.456. The zero-order valence-corrected chi connectivity index (χ0v) is 13.4. The summed E-state index contributed by atoms with van der Waals surface area (Å²) in [6, 6.07) is 10.6. The highest BCUT2D eigenvalue weighted by Gasteiger charge is 2.31. The molecule has 0 aliphatic carbocycles. The molecule has 0 saturated carbocycles. The molecule has 0 heterocycles. The van der Waals surface area contributed by atoms with E-state index in [0.717, 1.165) is 16.9 Å². The number of aryl methyl sites for hydroxylation is 1. The lowest BCUT2D eigenvalue weighted by molar-refractivity contribution is -0.274. The summed E-state index contributed by atoms with van der Waals surface area (Å²) in [4.78, 5) is 0. The van der Waals surface area contributed by atoms with E-state index in [1.54, 1.807) is 13.2 Å². The van der Waals surface area contributed by atoms with Gasteiger partial charge in [-0.1, -0.05) is 18.2 Å². The zero-order valence-electron chi connectivity index (χ0n) is 12.6. The zero-order chi connectivity index (χ0) is 16.3. The number of hydrogen-bond donors (Lipinski definition) is 1. The lowest BCUT2D eigenvalue weighted by Gasteiger charge is -2.17. The van der Waals surface area contributed by atoms with Crippen molar-refractivity contribution in [2.45, 2.75) is 19.3 Å². The van der Waals surface area contributed by atoms with Crippen molar-refractivity contribution in [3.8, 4) is 11.5 Å². The van der Waals surface area contributed by atoms with Gasteiger partial charge in [-0.25, -0.2) is 0 Å². The summed E-state index contributed by atoms with van der Waals surface area (Å²) in [6.45, 7) is 1.90. The molecule has 3 nitrogen and oxygen atoms in total. The molecule has 0 radical (unpaired) electrons. The lowest BCUT2D eigenvalue weighted by Crippen LogP contribution is -2.17. The van der Waals surface area contributed by atoms with E-state index < -0.39 is 12.4 Å². The molecular formula is C16H17ClF3NO2. The van der Waals surface area contributed by atoms with E-state index >= 15 is 0 Å². The van der Waals surface area contributed by atoms with Crippen molar-refractivity contribution < 1.29 is 22.6 Å². The summed E-state index contributed by atoms with van der Waals surface area (Å²) in [5.41, 5.74) is 8.71. The number of benzene rings is 2. The van der Waals surface area contributed by atoms with E-state index in [2.05, 4.69) is 4.74 Å². The molecule has 2 aromatic carbocycles. The molecule has 0 amide bonds. The molecule has 0 aliphatic heterocycles. The third-order valence-corrected chi connectivity index (χ3v) is 3.28. The van der Waals surface area contributed by atoms with Crippen molar-refractivity contribution in [1.29, 1.82) is 0 Å². The fourth-order valence-corrected chi connectivity index (χ4v) is 2.18. The van der Waals surface area contributed by atoms with Gasteiger partial charge in [-0.3, -0.25) is 0 Å². The van der Waals surface area contributed by atoms with Gasteiger partial charge in [0.15, 0.2) is 0 Å². The minimum Gasteiger partial charge on any atom is -0.497 e. The molecule has 7 heteroatoms. The first-order chi connectivity index (χ1) is 10.3. The predicted octanol–water partition coefficient (Wildman–Crippen LogP) is 4.37. The van der Waals surface area contributed by atoms with Gasteiger partial charge in [-0.05, 0) is 47.9 Å². The number of nitrogens with two attached hydrogens (primary N) is 1. The Morgan fingerprint density at radius 3 is 2.04 bits per heavy atom. The molecule has 2 N–H and O–H groups in total. The molecule has 0 saturated heterocycles. The minimum absolute atomic E-state index is 0. The van der Waals surface area contributed by atoms with Crippen LogP contribution in [0.2, 0.25) is 0 Å². The van der Waals surface area contributed by atoms with Crippen LogP contribution >= 0.6 is 12.4 Å². The van der Waals surface area contributed by atoms with Crippen molar-refractivity contribution in [2.24, 2.45) is 5.73 Å². The van der Waals surface area contributed by atoms with E-state index in [-0.39, 0.29) is 18.2 Å². The molecule has 2 rings (SSSR count). The topological polar surface area (TPSA) is 44.5 Å². The third-order valence-electron chi connectivity index (χ3n) is 3.28. The van der Waals surface area contributed by atoms with E-state index in [1.165, 1.54) is 24.3 Å². The average molecular weight is 348 g/mol. The molecule has 0 spiro atoms. The lowest BCUT2D eigenvalue weighted by atomic mass is 9.95. The number of rotatable bonds is 4. The summed E-state index contributed by atoms with van der Waals surface area (Å²) < 4.78 is 45.4. The second kappa shape index (κ2) is 7.57. The van der Waals surface area contributed by atoms with Gasteiger partial charge in [0.1, 0.15) is 11.5 Å². The minimum atomic E-state index is -4.70. The highest BCUT2D eigenvalue weighted by atomic mass is 35.5. The summed E-state index contributed by atoms with van der Waals surface area (Å²) in [5, 5.41) is 0. The first-order valence-electron chi connectivity index (χ1n) is 6.56. The number of hydrogen-bond acceptors (Lipinski definition) is 3. The van der Waals surface area contributed by atoms with Gasteiger partial charge < -0.3 is 15.2 Å². The standard InChI is InChI=1S/C16H16F3NO2.ClH/c1-10-9-13(21-2)7-8-14(10)15(20)11-3-5-12(6-4-11)22-16(17,18)19;/h3-9,15H,20H2,1-2H3;1H/t15-;/m0./s1. The third kappa shape index (κ3) is 5.04. The molecule has 0 aromatic heterocycles. The van der Waals surface area contributed by atoms with Gasteiger partial charge in [-0.15, -0.1) is 25.6 Å². The van der Waals surface area contributed by atoms with Crippen molar-refractivity contribution in [3.05, 3.63) is 59.2 Å². The van der Waals surface area contributed by atoms with Crippen LogP contribution in [0.4, 0.5) is 13.2 Å². The Morgan fingerprint density at radius 2 is 1.57 bits per heavy atom. The van der Waals surface area contributed by atoms with Crippen molar-refractivity contribution in [3.63, 3.8) is 0 Å². The van der Waals surface area contributed by atoms with Crippen LogP contribution in [0, 0.1) is 6.92 Å². The second-order valence-corrected chi connectivity index (χ2v) is 4.82. The fraction of sp³-hybridized carbons (Fsp3) is 0.250. The van der Waals surface area contributed by atoms with Gasteiger partial charge >= 0.3 is 6.36 Å². The number of methoxy groups -OCH3 is 1. The van der Waals surface area contributed by atoms with Gasteiger partial charge in [-0.2, -0.15) is 0 Å². The molecule has 0 fully saturated rings. The van der Waals surface area contributed by atoms with Crippen LogP contribution in [0.25, 0.3) is 0 Å². The smallest absolute Gasteiger partial charge is 0.497 e. The van der Waals surface area contributed by atoms with Crippen LogP contribution < -0.4 is 15.2 Å². The normalized spacial score (nSPS) is 12.3. The first kappa shape index (κ1) is 19.1. The number of ether oxygens (including phenoxy) is 2. The molecule has 126 valence electrons. The highest BCUT2D eigenvalue weighted by Crippen LogP contribution is 2.28. The summed E-state index contributed by atoms with van der Waals surface area (Å²) in [7, 11) is 1.58. The first-order valence-corrected chi connectivity index (χ1v) is 6.56. The van der Waals surface area contributed by atoms with E-state index in [9.17, 15) is 13.2 Å². The Hall–Kier alpha value is -1.92. The average Bonchev–Trinajstić information content (AvgIpc) is 2.45. The molecule has 2 aromatic rings. The van der Waals surface area contributed by atoms with Crippen LogP contribution in [0.3, 0.4) is 0 Å². The Labute approximate surface area is 138 Å². The molecular weight excluding hydrogens is 331 g/mol. The summed E-state index contributed by atoms with van der Waals surface area (Å²) in [6.07, 6.45) is -4.70. The maximum absolute atomic E-state index is 12.1. The van der Waals surface area contributed by atoms with Crippen LogP contribution in [-0.2, 0) is 0 Å². The largest absolute Gasteiger partial charge is 0.573 e. The van der Waals surface area contributed by atoms with E-state index in [4.69, 9.17) is 10.5 Å². The van der Waals surface area contributed by atoms with Crippen LogP contribution in [0.5, 0.6) is 11.5 Å². The monoisotopic (exact) mass is 347 g/mol. The van der Waals surface area contributed by atoms with E-state index in [0.29, 0.717) is 5.56 Å². The Morgan fingerprint density at radius 1 is 1.00 bits per heavy atom. The van der Waals surface area contributed by atoms with Crippen LogP contribution in [0.15, 0.2) is 42.5 Å². The summed E-state index contributed by atoms with van der Waals surface area (Å²) >= 11 is 0. The fourth-order valence-electron chi connectivity index (χ4n) is 2.18. The SMILES string of the molecule is COc1ccc([C@@H](N)c2ccc(OC(F)(F)F)cc2)c(C)c1.Cl. The predicted molar refractivity (Wildman–Crippen MR) is 84.1 cm³/mol. The van der Waals surface area contributed by atoms with Gasteiger partial charge in [0.2, 0.25) is 0 Å². The van der Waals surface area contributed by atoms with Crippen LogP contribution in [0.1, 0.15) is 22.7 Å². The van der Waals surface area contributed by atoms with Crippen molar-refractivity contribution in [2.75, 3.05) is 7.11 Å². The Kier molecular flexibility index (Phi) is 6.29. The Bertz CT molecular complexity index is 645. The van der Waals surface area contributed by atoms with Gasteiger partial charge in [0.25, 0.3) is 0 Å². The van der Waals surface area contributed by atoms with Crippen LogP contribution in [-0.4, -0.2) is 13.5 Å². The quantitative estimate of drug-likeness (QED) is 0.893. The van der Waals surface area contributed by atoms with E-state index in [1.807, 2.05) is 19.1 Å². The molecule has 0 aliphatic rings. The number of halogens is 4. The van der Waals surface area contributed by atoms with Crippen molar-refractivity contribution >= 4 is 12.4 Å². The molecule has 23 heavy (non-hydrogen) atoms. The molecule has 0 unspecified atom stereocenters. The maximum Gasteiger partial charge on any atom is 0.573 e.